The lowest BCUT2D eigenvalue weighted by Crippen LogP contribution is -2.15. The van der Waals surface area contributed by atoms with Gasteiger partial charge in [-0.1, -0.05) is 6.58 Å². The number of aliphatic hydroxyl groups is 1. The van der Waals surface area contributed by atoms with Crippen LogP contribution in [0.15, 0.2) is 12.2 Å². The van der Waals surface area contributed by atoms with E-state index in [2.05, 4.69) is 6.58 Å². The van der Waals surface area contributed by atoms with Crippen LogP contribution in [0.4, 0.5) is 0 Å². The van der Waals surface area contributed by atoms with Gasteiger partial charge in [0.1, 0.15) is 0 Å². The molecule has 1 atom stereocenters. The van der Waals surface area contributed by atoms with Gasteiger partial charge in [0.25, 0.3) is 0 Å². The minimum absolute atomic E-state index is 0.134. The summed E-state index contributed by atoms with van der Waals surface area (Å²) in [5.74, 6) is -0.361. The molecule has 0 aliphatic heterocycles. The van der Waals surface area contributed by atoms with Crippen molar-refractivity contribution in [3.63, 3.8) is 0 Å². The minimum Gasteiger partial charge on any atom is -0.459 e. The Labute approximate surface area is 73.0 Å². The van der Waals surface area contributed by atoms with E-state index in [1.807, 2.05) is 0 Å². The van der Waals surface area contributed by atoms with Gasteiger partial charge in [0.15, 0.2) is 0 Å². The standard InChI is InChI=1S/C9H16O3/c1-7(2)9(11)12-8(3)5-4-6-10/h8,10H,1,4-6H2,2-3H3. The van der Waals surface area contributed by atoms with Crippen molar-refractivity contribution in [2.75, 3.05) is 6.61 Å². The van der Waals surface area contributed by atoms with Crippen molar-refractivity contribution < 1.29 is 14.6 Å². The Morgan fingerprint density at radius 2 is 2.25 bits per heavy atom. The average Bonchev–Trinajstić information content (AvgIpc) is 2.00. The maximum absolute atomic E-state index is 10.9. The van der Waals surface area contributed by atoms with Crippen LogP contribution in [0.25, 0.3) is 0 Å². The van der Waals surface area contributed by atoms with Gasteiger partial charge in [-0.2, -0.15) is 0 Å². The highest BCUT2D eigenvalue weighted by Crippen LogP contribution is 2.03. The van der Waals surface area contributed by atoms with Crippen molar-refractivity contribution in [1.29, 1.82) is 0 Å². The molecule has 0 aromatic heterocycles. The van der Waals surface area contributed by atoms with E-state index < -0.39 is 0 Å². The highest BCUT2D eigenvalue weighted by Gasteiger charge is 2.08. The van der Waals surface area contributed by atoms with E-state index in [4.69, 9.17) is 9.84 Å². The number of hydrogen-bond donors (Lipinski definition) is 1. The average molecular weight is 172 g/mol. The van der Waals surface area contributed by atoms with Crippen LogP contribution in [0.2, 0.25) is 0 Å². The van der Waals surface area contributed by atoms with E-state index >= 15 is 0 Å². The summed E-state index contributed by atoms with van der Waals surface area (Å²) < 4.78 is 4.96. The second-order valence-corrected chi connectivity index (χ2v) is 2.86. The summed E-state index contributed by atoms with van der Waals surface area (Å²) in [6.45, 7) is 7.01. The number of carbonyl (C=O) groups excluding carboxylic acids is 1. The van der Waals surface area contributed by atoms with E-state index in [-0.39, 0.29) is 18.7 Å². The third-order valence-corrected chi connectivity index (χ3v) is 1.43. The molecule has 0 radical (unpaired) electrons. The normalized spacial score (nSPS) is 12.2. The van der Waals surface area contributed by atoms with E-state index in [1.54, 1.807) is 13.8 Å². The topological polar surface area (TPSA) is 46.5 Å². The van der Waals surface area contributed by atoms with E-state index in [0.29, 0.717) is 18.4 Å². The molecule has 70 valence electrons. The smallest absolute Gasteiger partial charge is 0.333 e. The van der Waals surface area contributed by atoms with Crippen molar-refractivity contribution in [2.24, 2.45) is 0 Å². The zero-order valence-electron chi connectivity index (χ0n) is 7.67. The summed E-state index contributed by atoms with van der Waals surface area (Å²) in [7, 11) is 0. The van der Waals surface area contributed by atoms with Crippen molar-refractivity contribution >= 4 is 5.97 Å². The fourth-order valence-electron chi connectivity index (χ4n) is 0.721. The minimum atomic E-state index is -0.361. The molecule has 0 aliphatic carbocycles. The fraction of sp³-hybridized carbons (Fsp3) is 0.667. The molecule has 0 bridgehead atoms. The lowest BCUT2D eigenvalue weighted by atomic mass is 10.2. The molecule has 3 heteroatoms. The van der Waals surface area contributed by atoms with Gasteiger partial charge in [0, 0.05) is 12.2 Å². The molecule has 0 spiro atoms. The van der Waals surface area contributed by atoms with Crippen LogP contribution < -0.4 is 0 Å². The summed E-state index contributed by atoms with van der Waals surface area (Å²) in [4.78, 5) is 10.9. The molecule has 0 heterocycles. The second kappa shape index (κ2) is 5.77. The monoisotopic (exact) mass is 172 g/mol. The second-order valence-electron chi connectivity index (χ2n) is 2.86. The predicted octanol–water partition coefficient (Wildman–Crippen LogP) is 1.27. The Balaban J connectivity index is 3.61. The molecule has 0 aliphatic rings. The van der Waals surface area contributed by atoms with Crippen LogP contribution in [-0.4, -0.2) is 23.8 Å². The summed E-state index contributed by atoms with van der Waals surface area (Å²) >= 11 is 0. The molecule has 0 saturated heterocycles. The van der Waals surface area contributed by atoms with Crippen LogP contribution in [0.1, 0.15) is 26.7 Å². The summed E-state index contributed by atoms with van der Waals surface area (Å²) in [6, 6.07) is 0. The first-order valence-corrected chi connectivity index (χ1v) is 4.05. The van der Waals surface area contributed by atoms with Crippen LogP contribution in [-0.2, 0) is 9.53 Å². The van der Waals surface area contributed by atoms with E-state index in [1.165, 1.54) is 0 Å². The van der Waals surface area contributed by atoms with Crippen LogP contribution in [0, 0.1) is 0 Å². The fourth-order valence-corrected chi connectivity index (χ4v) is 0.721. The summed E-state index contributed by atoms with van der Waals surface area (Å²) in [6.07, 6.45) is 1.21. The first-order chi connectivity index (χ1) is 5.57. The molecule has 0 fully saturated rings. The molecule has 0 aromatic rings. The summed E-state index contributed by atoms with van der Waals surface area (Å²) in [5, 5.41) is 8.50. The SMILES string of the molecule is C=C(C)C(=O)OC(C)CCCO. The maximum atomic E-state index is 10.9. The third kappa shape index (κ3) is 4.91. The zero-order chi connectivity index (χ0) is 9.56. The first kappa shape index (κ1) is 11.2. The molecule has 1 unspecified atom stereocenters. The van der Waals surface area contributed by atoms with Gasteiger partial charge in [-0.25, -0.2) is 4.79 Å². The molecule has 3 nitrogen and oxygen atoms in total. The maximum Gasteiger partial charge on any atom is 0.333 e. The highest BCUT2D eigenvalue weighted by molar-refractivity contribution is 5.87. The lowest BCUT2D eigenvalue weighted by Gasteiger charge is -2.11. The molecule has 1 N–H and O–H groups in total. The number of esters is 1. The Bertz CT molecular complexity index is 163. The van der Waals surface area contributed by atoms with Gasteiger partial charge in [-0.15, -0.1) is 0 Å². The number of aliphatic hydroxyl groups excluding tert-OH is 1. The Morgan fingerprint density at radius 1 is 1.67 bits per heavy atom. The Kier molecular flexibility index (Phi) is 5.37. The molecule has 0 rings (SSSR count). The number of ether oxygens (including phenoxy) is 1. The highest BCUT2D eigenvalue weighted by atomic mass is 16.5. The molecule has 0 amide bonds. The molecular weight excluding hydrogens is 156 g/mol. The van der Waals surface area contributed by atoms with Gasteiger partial charge in [0.2, 0.25) is 0 Å². The first-order valence-electron chi connectivity index (χ1n) is 4.05. The van der Waals surface area contributed by atoms with Crippen LogP contribution in [0.3, 0.4) is 0 Å². The zero-order valence-corrected chi connectivity index (χ0v) is 7.67. The Hall–Kier alpha value is -0.830. The van der Waals surface area contributed by atoms with Crippen molar-refractivity contribution in [1.82, 2.24) is 0 Å². The van der Waals surface area contributed by atoms with Gasteiger partial charge in [-0.05, 0) is 26.7 Å². The van der Waals surface area contributed by atoms with Gasteiger partial charge in [0.05, 0.1) is 6.10 Å². The van der Waals surface area contributed by atoms with Crippen molar-refractivity contribution in [2.45, 2.75) is 32.8 Å². The van der Waals surface area contributed by atoms with E-state index in [0.717, 1.165) is 0 Å². The molecule has 0 saturated carbocycles. The quantitative estimate of drug-likeness (QED) is 0.501. The third-order valence-electron chi connectivity index (χ3n) is 1.43. The molecule has 12 heavy (non-hydrogen) atoms. The Morgan fingerprint density at radius 3 is 2.67 bits per heavy atom. The van der Waals surface area contributed by atoms with Crippen LogP contribution in [0.5, 0.6) is 0 Å². The van der Waals surface area contributed by atoms with Gasteiger partial charge >= 0.3 is 5.97 Å². The summed E-state index contributed by atoms with van der Waals surface area (Å²) in [5.41, 5.74) is 0.408. The van der Waals surface area contributed by atoms with Gasteiger partial charge < -0.3 is 9.84 Å². The molecular formula is C9H16O3. The van der Waals surface area contributed by atoms with Gasteiger partial charge in [-0.3, -0.25) is 0 Å². The number of hydrogen-bond acceptors (Lipinski definition) is 3. The number of carbonyl (C=O) groups is 1. The number of rotatable bonds is 5. The molecule has 0 aromatic carbocycles. The van der Waals surface area contributed by atoms with Crippen molar-refractivity contribution in [3.8, 4) is 0 Å². The van der Waals surface area contributed by atoms with E-state index in [9.17, 15) is 4.79 Å². The van der Waals surface area contributed by atoms with Crippen LogP contribution >= 0.6 is 0 Å². The predicted molar refractivity (Wildman–Crippen MR) is 46.7 cm³/mol. The lowest BCUT2D eigenvalue weighted by molar-refractivity contribution is -0.143. The van der Waals surface area contributed by atoms with Crippen molar-refractivity contribution in [3.05, 3.63) is 12.2 Å². The largest absolute Gasteiger partial charge is 0.459 e.